The van der Waals surface area contributed by atoms with E-state index in [0.717, 1.165) is 19.3 Å². The van der Waals surface area contributed by atoms with Gasteiger partial charge in [-0.15, -0.1) is 0 Å². The van der Waals surface area contributed by atoms with Gasteiger partial charge in [-0.1, -0.05) is 46.0 Å². The Morgan fingerprint density at radius 1 is 1.05 bits per heavy atom. The monoisotopic (exact) mass is 338 g/mol. The summed E-state index contributed by atoms with van der Waals surface area (Å²) in [5.41, 5.74) is 0. The van der Waals surface area contributed by atoms with E-state index < -0.39 is 33.2 Å². The van der Waals surface area contributed by atoms with Crippen molar-refractivity contribution in [1.29, 1.82) is 0 Å². The van der Waals surface area contributed by atoms with Gasteiger partial charge in [-0.05, 0) is 12.8 Å². The molecule has 0 aliphatic rings. The molecule has 0 aliphatic heterocycles. The molecule has 0 spiro atoms. The van der Waals surface area contributed by atoms with Crippen LogP contribution in [0.15, 0.2) is 0 Å². The lowest BCUT2D eigenvalue weighted by molar-refractivity contribution is -0.152. The molecule has 130 valence electrons. The fourth-order valence-corrected chi connectivity index (χ4v) is 3.12. The summed E-state index contributed by atoms with van der Waals surface area (Å²) in [6.07, 6.45) is 2.70. The second-order valence-electron chi connectivity index (χ2n) is 5.34. The second-order valence-corrected chi connectivity index (χ2v) is 7.07. The summed E-state index contributed by atoms with van der Waals surface area (Å²) in [6.45, 7) is 3.85. The third-order valence-corrected chi connectivity index (χ3v) is 4.97. The number of rotatable bonds is 12. The maximum Gasteiger partial charge on any atom is 0.330 e. The first kappa shape index (κ1) is 20.9. The van der Waals surface area contributed by atoms with Crippen molar-refractivity contribution in [2.75, 3.05) is 6.61 Å². The third-order valence-electron chi connectivity index (χ3n) is 3.47. The molecular formula is C14H26O7S. The van der Waals surface area contributed by atoms with Crippen LogP contribution in [0.2, 0.25) is 0 Å². The average molecular weight is 338 g/mol. The van der Waals surface area contributed by atoms with Crippen molar-refractivity contribution in [3.05, 3.63) is 0 Å². The summed E-state index contributed by atoms with van der Waals surface area (Å²) in [7, 11) is -4.90. The highest BCUT2D eigenvalue weighted by molar-refractivity contribution is 7.88. The van der Waals surface area contributed by atoms with E-state index in [0.29, 0.717) is 19.3 Å². The van der Waals surface area contributed by atoms with Crippen molar-refractivity contribution in [3.63, 3.8) is 0 Å². The molecule has 0 radical (unpaired) electrons. The quantitative estimate of drug-likeness (QED) is 0.318. The van der Waals surface area contributed by atoms with E-state index in [1.165, 1.54) is 0 Å². The first-order chi connectivity index (χ1) is 10.2. The van der Waals surface area contributed by atoms with Crippen molar-refractivity contribution in [1.82, 2.24) is 0 Å². The van der Waals surface area contributed by atoms with Crippen LogP contribution in [0.25, 0.3) is 0 Å². The summed E-state index contributed by atoms with van der Waals surface area (Å²) < 4.78 is 35.4. The van der Waals surface area contributed by atoms with Gasteiger partial charge in [0.05, 0.1) is 13.0 Å². The Bertz CT molecular complexity index is 458. The first-order valence-corrected chi connectivity index (χ1v) is 9.01. The molecule has 1 unspecified atom stereocenters. The van der Waals surface area contributed by atoms with Crippen molar-refractivity contribution in [2.45, 2.75) is 70.0 Å². The highest BCUT2D eigenvalue weighted by Crippen LogP contribution is 2.30. The van der Waals surface area contributed by atoms with Crippen LogP contribution < -0.4 is 0 Å². The Morgan fingerprint density at radius 3 is 2.05 bits per heavy atom. The highest BCUT2D eigenvalue weighted by atomic mass is 32.2. The molecule has 0 aliphatic carbocycles. The van der Waals surface area contributed by atoms with Crippen LogP contribution >= 0.6 is 0 Å². The van der Waals surface area contributed by atoms with Crippen LogP contribution in [0.1, 0.15) is 65.2 Å². The van der Waals surface area contributed by atoms with Gasteiger partial charge in [-0.3, -0.25) is 14.1 Å². The van der Waals surface area contributed by atoms with E-state index in [1.54, 1.807) is 0 Å². The number of carbonyl (C=O) groups is 2. The number of ether oxygens (including phenoxy) is 1. The number of hydrogen-bond acceptors (Lipinski definition) is 5. The van der Waals surface area contributed by atoms with Crippen molar-refractivity contribution in [3.8, 4) is 0 Å². The molecule has 0 saturated carbocycles. The maximum absolute atomic E-state index is 12.2. The van der Waals surface area contributed by atoms with Gasteiger partial charge in [0.25, 0.3) is 10.1 Å². The molecule has 0 bridgehead atoms. The minimum absolute atomic E-state index is 0.0113. The Labute approximate surface area is 131 Å². The van der Waals surface area contributed by atoms with Gasteiger partial charge in [-0.2, -0.15) is 8.42 Å². The van der Waals surface area contributed by atoms with E-state index in [1.807, 2.05) is 13.8 Å². The molecule has 2 N–H and O–H groups in total. The average Bonchev–Trinajstić information content (AvgIpc) is 2.40. The molecule has 1 atom stereocenters. The van der Waals surface area contributed by atoms with Crippen molar-refractivity contribution < 1.29 is 32.4 Å². The third kappa shape index (κ3) is 6.31. The fraction of sp³-hybridized carbons (Fsp3) is 0.857. The molecule has 0 amide bonds. The van der Waals surface area contributed by atoms with Crippen LogP contribution in [0, 0.1) is 0 Å². The van der Waals surface area contributed by atoms with Crippen LogP contribution in [-0.2, 0) is 24.4 Å². The van der Waals surface area contributed by atoms with Gasteiger partial charge in [0.1, 0.15) is 0 Å². The molecule has 22 heavy (non-hydrogen) atoms. The zero-order valence-corrected chi connectivity index (χ0v) is 14.0. The summed E-state index contributed by atoms with van der Waals surface area (Å²) in [5.74, 6) is -2.65. The van der Waals surface area contributed by atoms with Crippen molar-refractivity contribution >= 4 is 22.1 Å². The predicted octanol–water partition coefficient (Wildman–Crippen LogP) is 2.40. The zero-order chi connectivity index (χ0) is 17.2. The number of carboxylic acids is 1. The SMILES string of the molecule is CCCCCOC(=O)C(CCCCC)(CC(=O)O)S(=O)(=O)O. The Hall–Kier alpha value is -1.15. The highest BCUT2D eigenvalue weighted by Gasteiger charge is 2.52. The Morgan fingerprint density at radius 2 is 1.59 bits per heavy atom. The van der Waals surface area contributed by atoms with E-state index >= 15 is 0 Å². The second kappa shape index (κ2) is 9.78. The topological polar surface area (TPSA) is 118 Å². The molecule has 0 saturated heterocycles. The zero-order valence-electron chi connectivity index (χ0n) is 13.2. The van der Waals surface area contributed by atoms with E-state index in [2.05, 4.69) is 0 Å². The minimum atomic E-state index is -4.90. The molecule has 7 nitrogen and oxygen atoms in total. The lowest BCUT2D eigenvalue weighted by Crippen LogP contribution is -2.49. The van der Waals surface area contributed by atoms with Crippen LogP contribution in [-0.4, -0.2) is 41.4 Å². The van der Waals surface area contributed by atoms with Gasteiger partial charge < -0.3 is 9.84 Å². The number of esters is 1. The minimum Gasteiger partial charge on any atom is -0.481 e. The van der Waals surface area contributed by atoms with Crippen LogP contribution in [0.5, 0.6) is 0 Å². The summed E-state index contributed by atoms with van der Waals surface area (Å²) in [6, 6.07) is 0. The summed E-state index contributed by atoms with van der Waals surface area (Å²) >= 11 is 0. The van der Waals surface area contributed by atoms with Gasteiger partial charge >= 0.3 is 11.9 Å². The van der Waals surface area contributed by atoms with Crippen LogP contribution in [0.4, 0.5) is 0 Å². The fourth-order valence-electron chi connectivity index (χ4n) is 2.14. The Balaban J connectivity index is 5.24. The van der Waals surface area contributed by atoms with E-state index in [9.17, 15) is 22.6 Å². The largest absolute Gasteiger partial charge is 0.481 e. The summed E-state index contributed by atoms with van der Waals surface area (Å²) in [5, 5.41) is 8.94. The number of unbranched alkanes of at least 4 members (excludes halogenated alkanes) is 4. The molecule has 0 fully saturated rings. The van der Waals surface area contributed by atoms with Gasteiger partial charge in [0.2, 0.25) is 4.75 Å². The molecule has 0 rings (SSSR count). The summed E-state index contributed by atoms with van der Waals surface area (Å²) in [4.78, 5) is 23.2. The smallest absolute Gasteiger partial charge is 0.330 e. The molecular weight excluding hydrogens is 312 g/mol. The lowest BCUT2D eigenvalue weighted by Gasteiger charge is -2.26. The number of carbonyl (C=O) groups excluding carboxylic acids is 1. The Kier molecular flexibility index (Phi) is 9.27. The van der Waals surface area contributed by atoms with Gasteiger partial charge in [0.15, 0.2) is 0 Å². The number of hydrogen-bond donors (Lipinski definition) is 2. The number of carboxylic acid groups (broad SMARTS) is 1. The lowest BCUT2D eigenvalue weighted by atomic mass is 9.96. The first-order valence-electron chi connectivity index (χ1n) is 7.57. The standard InChI is InChI=1S/C14H26O7S/c1-3-5-7-9-14(11-12(15)16,22(18,19)20)13(17)21-10-8-6-4-2/h3-11H2,1-2H3,(H,15,16)(H,18,19,20). The van der Waals surface area contributed by atoms with Crippen molar-refractivity contribution in [2.24, 2.45) is 0 Å². The molecule has 0 aromatic carbocycles. The van der Waals surface area contributed by atoms with Gasteiger partial charge in [-0.25, -0.2) is 0 Å². The number of aliphatic carboxylic acids is 1. The molecule has 8 heteroatoms. The predicted molar refractivity (Wildman–Crippen MR) is 81.2 cm³/mol. The maximum atomic E-state index is 12.2. The van der Waals surface area contributed by atoms with E-state index in [4.69, 9.17) is 9.84 Å². The molecule has 0 heterocycles. The normalized spacial score (nSPS) is 14.3. The van der Waals surface area contributed by atoms with Gasteiger partial charge in [0, 0.05) is 0 Å². The molecule has 0 aromatic rings. The van der Waals surface area contributed by atoms with Crippen LogP contribution in [0.3, 0.4) is 0 Å². The molecule has 0 aromatic heterocycles. The van der Waals surface area contributed by atoms with E-state index in [-0.39, 0.29) is 13.0 Å².